The van der Waals surface area contributed by atoms with Crippen molar-refractivity contribution in [2.45, 2.75) is 31.8 Å². The summed E-state index contributed by atoms with van der Waals surface area (Å²) in [5, 5.41) is 6.04. The van der Waals surface area contributed by atoms with E-state index in [1.54, 1.807) is 0 Å². The number of amides is 2. The van der Waals surface area contributed by atoms with Crippen LogP contribution in [-0.4, -0.2) is 43.9 Å². The van der Waals surface area contributed by atoms with Gasteiger partial charge in [0.25, 0.3) is 0 Å². The van der Waals surface area contributed by atoms with Crippen LogP contribution < -0.4 is 20.1 Å². The molecule has 1 fully saturated rings. The lowest BCUT2D eigenvalue weighted by Gasteiger charge is -2.30. The van der Waals surface area contributed by atoms with E-state index >= 15 is 0 Å². The quantitative estimate of drug-likeness (QED) is 0.895. The van der Waals surface area contributed by atoms with Crippen molar-refractivity contribution < 1.29 is 14.3 Å². The fraction of sp³-hybridized carbons (Fsp3) is 0.562. The van der Waals surface area contributed by atoms with Crippen molar-refractivity contribution in [2.24, 2.45) is 0 Å². The Hall–Kier alpha value is -1.95. The molecule has 2 N–H and O–H groups in total. The number of urea groups is 1. The molecule has 0 aliphatic carbocycles. The van der Waals surface area contributed by atoms with Crippen molar-refractivity contribution in [1.29, 1.82) is 0 Å². The number of carbonyl (C=O) groups is 1. The van der Waals surface area contributed by atoms with Gasteiger partial charge in [0.05, 0.1) is 6.04 Å². The standard InChI is InChI=1S/C16H23N3O3/c1-11(12-5-6-14-15(8-12)22-10-21-14)17-16(20)18-13-4-3-7-19(2)9-13/h5-6,8,11,13H,3-4,7,9-10H2,1-2H3,(H2,17,18,20). The highest BCUT2D eigenvalue weighted by Crippen LogP contribution is 2.34. The summed E-state index contributed by atoms with van der Waals surface area (Å²) in [5.41, 5.74) is 1.00. The first-order valence-corrected chi connectivity index (χ1v) is 7.77. The molecular formula is C16H23N3O3. The van der Waals surface area contributed by atoms with Gasteiger partial charge in [-0.25, -0.2) is 4.79 Å². The molecule has 2 atom stereocenters. The fourth-order valence-corrected chi connectivity index (χ4v) is 2.97. The molecule has 1 aromatic carbocycles. The van der Waals surface area contributed by atoms with Crippen LogP contribution in [0.15, 0.2) is 18.2 Å². The monoisotopic (exact) mass is 305 g/mol. The van der Waals surface area contributed by atoms with Gasteiger partial charge in [0.1, 0.15) is 0 Å². The molecule has 2 aliphatic rings. The Balaban J connectivity index is 1.54. The van der Waals surface area contributed by atoms with Gasteiger partial charge in [-0.2, -0.15) is 0 Å². The van der Waals surface area contributed by atoms with E-state index in [4.69, 9.17) is 9.47 Å². The zero-order chi connectivity index (χ0) is 15.5. The van der Waals surface area contributed by atoms with Crippen LogP contribution in [0.25, 0.3) is 0 Å². The summed E-state index contributed by atoms with van der Waals surface area (Å²) in [6.07, 6.45) is 2.16. The second kappa shape index (κ2) is 6.44. The molecule has 0 bridgehead atoms. The number of benzene rings is 1. The van der Waals surface area contributed by atoms with Gasteiger partial charge in [0.15, 0.2) is 11.5 Å². The van der Waals surface area contributed by atoms with Gasteiger partial charge < -0.3 is 25.0 Å². The largest absolute Gasteiger partial charge is 0.454 e. The first-order valence-electron chi connectivity index (χ1n) is 7.77. The second-order valence-electron chi connectivity index (χ2n) is 6.05. The smallest absolute Gasteiger partial charge is 0.315 e. The summed E-state index contributed by atoms with van der Waals surface area (Å²) in [4.78, 5) is 14.4. The van der Waals surface area contributed by atoms with Gasteiger partial charge in [-0.15, -0.1) is 0 Å². The Kier molecular flexibility index (Phi) is 4.38. The van der Waals surface area contributed by atoms with Crippen LogP contribution in [0.4, 0.5) is 4.79 Å². The SMILES string of the molecule is CC(NC(=O)NC1CCCN(C)C1)c1ccc2c(c1)OCO2. The summed E-state index contributed by atoms with van der Waals surface area (Å²) in [6.45, 7) is 4.24. The lowest BCUT2D eigenvalue weighted by molar-refractivity contribution is 0.174. The van der Waals surface area contributed by atoms with Gasteiger partial charge in [-0.1, -0.05) is 6.07 Å². The highest BCUT2D eigenvalue weighted by Gasteiger charge is 2.21. The third-order valence-electron chi connectivity index (χ3n) is 4.20. The van der Waals surface area contributed by atoms with Crippen molar-refractivity contribution in [3.8, 4) is 11.5 Å². The van der Waals surface area contributed by atoms with Crippen molar-refractivity contribution in [3.05, 3.63) is 23.8 Å². The van der Waals surface area contributed by atoms with Gasteiger partial charge in [-0.3, -0.25) is 0 Å². The Labute approximate surface area is 130 Å². The van der Waals surface area contributed by atoms with E-state index in [-0.39, 0.29) is 24.9 Å². The summed E-state index contributed by atoms with van der Waals surface area (Å²) >= 11 is 0. The molecule has 0 spiro atoms. The number of likely N-dealkylation sites (N-methyl/N-ethyl adjacent to an activating group) is 1. The van der Waals surface area contributed by atoms with E-state index in [0.29, 0.717) is 0 Å². The third kappa shape index (κ3) is 3.44. The van der Waals surface area contributed by atoms with E-state index in [1.807, 2.05) is 25.1 Å². The number of likely N-dealkylation sites (tertiary alicyclic amines) is 1. The van der Waals surface area contributed by atoms with Crippen molar-refractivity contribution in [1.82, 2.24) is 15.5 Å². The van der Waals surface area contributed by atoms with Crippen LogP contribution in [0.2, 0.25) is 0 Å². The van der Waals surface area contributed by atoms with Crippen molar-refractivity contribution in [3.63, 3.8) is 0 Å². The lowest BCUT2D eigenvalue weighted by Crippen LogP contribution is -2.49. The number of piperidine rings is 1. The van der Waals surface area contributed by atoms with Crippen LogP contribution in [0, 0.1) is 0 Å². The summed E-state index contributed by atoms with van der Waals surface area (Å²) < 4.78 is 10.7. The van der Waals surface area contributed by atoms with Crippen LogP contribution in [-0.2, 0) is 0 Å². The molecular weight excluding hydrogens is 282 g/mol. The van der Waals surface area contributed by atoms with Gasteiger partial charge in [0.2, 0.25) is 6.79 Å². The normalized spacial score (nSPS) is 22.2. The molecule has 2 aliphatic heterocycles. The number of nitrogens with zero attached hydrogens (tertiary/aromatic N) is 1. The minimum Gasteiger partial charge on any atom is -0.454 e. The molecule has 0 saturated carbocycles. The predicted octanol–water partition coefficient (Wildman–Crippen LogP) is 1.87. The number of carbonyl (C=O) groups excluding carboxylic acids is 1. The lowest BCUT2D eigenvalue weighted by atomic mass is 10.1. The topological polar surface area (TPSA) is 62.8 Å². The molecule has 1 saturated heterocycles. The molecule has 2 amide bonds. The minimum absolute atomic E-state index is 0.0872. The Morgan fingerprint density at radius 1 is 1.36 bits per heavy atom. The molecule has 3 rings (SSSR count). The van der Waals surface area contributed by atoms with Gasteiger partial charge >= 0.3 is 6.03 Å². The number of hydrogen-bond donors (Lipinski definition) is 2. The number of rotatable bonds is 3. The van der Waals surface area contributed by atoms with Crippen LogP contribution >= 0.6 is 0 Å². The first-order chi connectivity index (χ1) is 10.6. The summed E-state index contributed by atoms with van der Waals surface area (Å²) in [6, 6.07) is 5.77. The first kappa shape index (κ1) is 15.0. The predicted molar refractivity (Wildman–Crippen MR) is 83.2 cm³/mol. The van der Waals surface area contributed by atoms with E-state index in [1.165, 1.54) is 0 Å². The van der Waals surface area contributed by atoms with Gasteiger partial charge in [-0.05, 0) is 51.1 Å². The maximum absolute atomic E-state index is 12.1. The third-order valence-corrected chi connectivity index (χ3v) is 4.20. The fourth-order valence-electron chi connectivity index (χ4n) is 2.97. The summed E-state index contributed by atoms with van der Waals surface area (Å²) in [5.74, 6) is 1.49. The van der Waals surface area contributed by atoms with Crippen LogP contribution in [0.5, 0.6) is 11.5 Å². The van der Waals surface area contributed by atoms with Crippen molar-refractivity contribution >= 4 is 6.03 Å². The highest BCUT2D eigenvalue weighted by molar-refractivity contribution is 5.74. The van der Waals surface area contributed by atoms with Crippen LogP contribution in [0.3, 0.4) is 0 Å². The Bertz CT molecular complexity index is 549. The number of hydrogen-bond acceptors (Lipinski definition) is 4. The number of fused-ring (bicyclic) bond motifs is 1. The molecule has 22 heavy (non-hydrogen) atoms. The second-order valence-corrected chi connectivity index (χ2v) is 6.05. The molecule has 1 aromatic rings. The zero-order valence-electron chi connectivity index (χ0n) is 13.1. The molecule has 2 heterocycles. The summed E-state index contributed by atoms with van der Waals surface area (Å²) in [7, 11) is 2.08. The average Bonchev–Trinajstić information content (AvgIpc) is 2.94. The maximum Gasteiger partial charge on any atom is 0.315 e. The molecule has 120 valence electrons. The number of nitrogens with one attached hydrogen (secondary N) is 2. The maximum atomic E-state index is 12.1. The van der Waals surface area contributed by atoms with Crippen LogP contribution in [0.1, 0.15) is 31.4 Å². The molecule has 0 aromatic heterocycles. The molecule has 2 unspecified atom stereocenters. The number of ether oxygens (including phenoxy) is 2. The molecule has 6 heteroatoms. The molecule has 6 nitrogen and oxygen atoms in total. The molecule has 0 radical (unpaired) electrons. The van der Waals surface area contributed by atoms with E-state index in [2.05, 4.69) is 22.6 Å². The average molecular weight is 305 g/mol. The van der Waals surface area contributed by atoms with E-state index < -0.39 is 0 Å². The van der Waals surface area contributed by atoms with E-state index in [0.717, 1.165) is 43.0 Å². The highest BCUT2D eigenvalue weighted by atomic mass is 16.7. The van der Waals surface area contributed by atoms with Gasteiger partial charge in [0, 0.05) is 12.6 Å². The minimum atomic E-state index is -0.120. The zero-order valence-corrected chi connectivity index (χ0v) is 13.1. The Morgan fingerprint density at radius 2 is 2.18 bits per heavy atom. The Morgan fingerprint density at radius 3 is 3.00 bits per heavy atom. The van der Waals surface area contributed by atoms with Crippen molar-refractivity contribution in [2.75, 3.05) is 26.9 Å². The van der Waals surface area contributed by atoms with E-state index in [9.17, 15) is 4.79 Å².